The number of phosphoric ester groups is 2. The number of ether oxygens (including phenoxy) is 4. The Morgan fingerprint density at radius 2 is 0.560 bits per heavy atom. The lowest BCUT2D eigenvalue weighted by Gasteiger charge is -2.21. The monoisotopic (exact) mass is 1440 g/mol. The van der Waals surface area contributed by atoms with Gasteiger partial charge in [-0.05, 0) is 154 Å². The number of rotatable bonds is 69. The van der Waals surface area contributed by atoms with Crippen LogP contribution in [0, 0.1) is 0 Å². The summed E-state index contributed by atoms with van der Waals surface area (Å²) in [5.41, 5.74) is 0. The van der Waals surface area contributed by atoms with Crippen molar-refractivity contribution in [3.05, 3.63) is 158 Å². The molecule has 568 valence electrons. The summed E-state index contributed by atoms with van der Waals surface area (Å²) in [7, 11) is -10.0. The predicted molar refractivity (Wildman–Crippen MR) is 408 cm³/mol. The SMILES string of the molecule is CC/C=C\C/C=C\C/C=C\C/C=C\C/C=C\CC(=O)OCC(COP(=O)(O)OCC(O)COP(=O)(O)OCC(COC(=O)CCCCCCC/C=C\C/C=C\CCCCC)OC(=O)CCCCCCC/C=C\C/C=C\CCCCC)OC(=O)CCCC/C=C\C/C=C\C/C=C\C/C=C\CC. The number of aliphatic hydroxyl groups excluding tert-OH is 1. The molecule has 0 aromatic heterocycles. The molecule has 0 rings (SSSR count). The molecular formula is C81H132O17P2. The number of aliphatic hydroxyl groups is 1. The molecule has 0 aromatic carbocycles. The third-order valence-electron chi connectivity index (χ3n) is 15.0. The molecule has 0 aliphatic heterocycles. The second-order valence-corrected chi connectivity index (χ2v) is 27.4. The summed E-state index contributed by atoms with van der Waals surface area (Å²) < 4.78 is 68.3. The minimum Gasteiger partial charge on any atom is -0.462 e. The maximum atomic E-state index is 13.1. The van der Waals surface area contributed by atoms with Gasteiger partial charge in [0.25, 0.3) is 0 Å². The van der Waals surface area contributed by atoms with Crippen molar-refractivity contribution < 1.29 is 80.2 Å². The molecule has 0 fully saturated rings. The molecule has 0 aliphatic rings. The summed E-state index contributed by atoms with van der Waals surface area (Å²) in [5.74, 6) is -2.42. The third kappa shape index (κ3) is 71.1. The maximum Gasteiger partial charge on any atom is 0.472 e. The number of esters is 4. The van der Waals surface area contributed by atoms with Crippen LogP contribution in [0.3, 0.4) is 0 Å². The van der Waals surface area contributed by atoms with E-state index in [1.807, 2.05) is 24.3 Å². The van der Waals surface area contributed by atoms with Crippen molar-refractivity contribution in [1.82, 2.24) is 0 Å². The van der Waals surface area contributed by atoms with Crippen molar-refractivity contribution in [3.8, 4) is 0 Å². The second-order valence-electron chi connectivity index (χ2n) is 24.5. The fraction of sp³-hybridized carbons (Fsp3) is 0.630. The molecular weight excluding hydrogens is 1310 g/mol. The van der Waals surface area contributed by atoms with Gasteiger partial charge in [0, 0.05) is 19.3 Å². The predicted octanol–water partition coefficient (Wildman–Crippen LogP) is 21.7. The minimum absolute atomic E-state index is 0.0172. The smallest absolute Gasteiger partial charge is 0.462 e. The van der Waals surface area contributed by atoms with Gasteiger partial charge in [0.15, 0.2) is 12.2 Å². The highest BCUT2D eigenvalue weighted by Gasteiger charge is 2.30. The van der Waals surface area contributed by atoms with E-state index in [2.05, 4.69) is 155 Å². The van der Waals surface area contributed by atoms with Gasteiger partial charge in [-0.25, -0.2) is 9.13 Å². The summed E-state index contributed by atoms with van der Waals surface area (Å²) in [5, 5.41) is 10.6. The van der Waals surface area contributed by atoms with Gasteiger partial charge in [-0.1, -0.05) is 250 Å². The normalized spacial score (nSPS) is 14.8. The number of hydrogen-bond donors (Lipinski definition) is 3. The van der Waals surface area contributed by atoms with Gasteiger partial charge >= 0.3 is 39.5 Å². The van der Waals surface area contributed by atoms with Gasteiger partial charge in [0.05, 0.1) is 32.8 Å². The first-order valence-corrected chi connectivity index (χ1v) is 40.7. The van der Waals surface area contributed by atoms with Crippen LogP contribution in [0.5, 0.6) is 0 Å². The van der Waals surface area contributed by atoms with Gasteiger partial charge in [-0.2, -0.15) is 0 Å². The first kappa shape index (κ1) is 94.7. The summed E-state index contributed by atoms with van der Waals surface area (Å²) in [4.78, 5) is 72.8. The van der Waals surface area contributed by atoms with Crippen LogP contribution in [0.25, 0.3) is 0 Å². The topological polar surface area (TPSA) is 237 Å². The Bertz CT molecular complexity index is 2520. The molecule has 0 aromatic rings. The quantitative estimate of drug-likeness (QED) is 0.0169. The molecule has 0 spiro atoms. The lowest BCUT2D eigenvalue weighted by atomic mass is 10.1. The lowest BCUT2D eigenvalue weighted by molar-refractivity contribution is -0.161. The van der Waals surface area contributed by atoms with E-state index in [-0.39, 0.29) is 25.7 Å². The Kier molecular flexibility index (Phi) is 68.2. The lowest BCUT2D eigenvalue weighted by Crippen LogP contribution is -2.30. The van der Waals surface area contributed by atoms with Crippen LogP contribution < -0.4 is 0 Å². The minimum atomic E-state index is -5.01. The largest absolute Gasteiger partial charge is 0.472 e. The number of allylic oxidation sites excluding steroid dienone is 25. The summed E-state index contributed by atoms with van der Waals surface area (Å²) in [6.45, 7) is 4.37. The van der Waals surface area contributed by atoms with Crippen LogP contribution >= 0.6 is 15.6 Å². The van der Waals surface area contributed by atoms with E-state index in [0.29, 0.717) is 32.1 Å². The average molecular weight is 1440 g/mol. The van der Waals surface area contributed by atoms with Crippen LogP contribution in [0.15, 0.2) is 158 Å². The van der Waals surface area contributed by atoms with E-state index >= 15 is 0 Å². The Labute approximate surface area is 604 Å². The van der Waals surface area contributed by atoms with Crippen molar-refractivity contribution in [3.63, 3.8) is 0 Å². The van der Waals surface area contributed by atoms with E-state index in [0.717, 1.165) is 148 Å². The molecule has 0 amide bonds. The first-order chi connectivity index (χ1) is 48.7. The molecule has 19 heteroatoms. The van der Waals surface area contributed by atoms with Crippen molar-refractivity contribution in [2.24, 2.45) is 0 Å². The number of hydrogen-bond acceptors (Lipinski definition) is 15. The van der Waals surface area contributed by atoms with Crippen LogP contribution in [-0.4, -0.2) is 96.7 Å². The number of carbonyl (C=O) groups is 4. The molecule has 17 nitrogen and oxygen atoms in total. The molecule has 0 radical (unpaired) electrons. The first-order valence-electron chi connectivity index (χ1n) is 37.7. The zero-order chi connectivity index (χ0) is 73.2. The molecule has 100 heavy (non-hydrogen) atoms. The van der Waals surface area contributed by atoms with E-state index in [4.69, 9.17) is 37.0 Å². The van der Waals surface area contributed by atoms with Crippen LogP contribution in [0.4, 0.5) is 0 Å². The molecule has 0 aliphatic carbocycles. The highest BCUT2D eigenvalue weighted by molar-refractivity contribution is 7.47. The molecule has 0 bridgehead atoms. The Hall–Kier alpha value is -5.32. The standard InChI is InChI=1S/C81H132O17P2/c1-5-9-13-17-21-25-29-33-37-41-45-49-53-57-61-65-78(83)91-71-76(97-80(85)67-63-59-55-51-47-43-39-35-31-27-23-19-15-11-7-3)73-95-99(87,88)93-69-75(82)70-94-100(89,90)96-74-77(98-81(86)68-64-60-56-52-48-44-40-36-32-28-24-20-16-12-8-4)72-92-79(84)66-62-58-54-50-46-42-38-34-30-26-22-18-14-10-6-2/h9,11,13,15,21-28,33-40,45,47,49,51,57,61,75-77,82H,5-8,10,12,14,16-20,29-32,41-44,46,48,50,52-56,58-60,62-74H2,1-4H3,(H,87,88)(H,89,90)/b13-9-,15-11-,25-21-,26-22-,27-23-,28-24-,37-33-,38-34-,39-35-,40-36-,49-45-,51-47-,61-57-. The van der Waals surface area contributed by atoms with Crippen molar-refractivity contribution >= 4 is 39.5 Å². The van der Waals surface area contributed by atoms with E-state index in [9.17, 15) is 43.2 Å². The fourth-order valence-electron chi connectivity index (χ4n) is 9.28. The van der Waals surface area contributed by atoms with Crippen molar-refractivity contribution in [2.75, 3.05) is 39.6 Å². The number of phosphoric acid groups is 2. The summed E-state index contributed by atoms with van der Waals surface area (Å²) >= 11 is 0. The zero-order valence-electron chi connectivity index (χ0n) is 61.8. The number of carbonyl (C=O) groups excluding carboxylic acids is 4. The van der Waals surface area contributed by atoms with Crippen molar-refractivity contribution in [2.45, 2.75) is 290 Å². The Morgan fingerprint density at radius 3 is 0.910 bits per heavy atom. The van der Waals surface area contributed by atoms with Gasteiger partial charge in [0.1, 0.15) is 19.3 Å². The summed E-state index contributed by atoms with van der Waals surface area (Å²) in [6, 6.07) is 0. The molecule has 3 N–H and O–H groups in total. The third-order valence-corrected chi connectivity index (χ3v) is 16.9. The van der Waals surface area contributed by atoms with Gasteiger partial charge in [-0.15, -0.1) is 0 Å². The highest BCUT2D eigenvalue weighted by atomic mass is 31.2. The second kappa shape index (κ2) is 72.0. The van der Waals surface area contributed by atoms with E-state index in [1.54, 1.807) is 6.08 Å². The van der Waals surface area contributed by atoms with Crippen LogP contribution in [-0.2, 0) is 65.4 Å². The molecule has 5 atom stereocenters. The van der Waals surface area contributed by atoms with E-state index in [1.165, 1.54) is 38.5 Å². The zero-order valence-corrected chi connectivity index (χ0v) is 63.6. The van der Waals surface area contributed by atoms with Gasteiger partial charge < -0.3 is 33.8 Å². The maximum absolute atomic E-state index is 13.1. The van der Waals surface area contributed by atoms with Gasteiger partial charge in [-0.3, -0.25) is 37.3 Å². The highest BCUT2D eigenvalue weighted by Crippen LogP contribution is 2.45. The van der Waals surface area contributed by atoms with E-state index < -0.39 is 97.5 Å². The fourth-order valence-corrected chi connectivity index (χ4v) is 10.9. The van der Waals surface area contributed by atoms with Crippen LogP contribution in [0.1, 0.15) is 272 Å². The van der Waals surface area contributed by atoms with Crippen LogP contribution in [0.2, 0.25) is 0 Å². The molecule has 0 saturated carbocycles. The Morgan fingerprint density at radius 1 is 0.300 bits per heavy atom. The Balaban J connectivity index is 5.50. The van der Waals surface area contributed by atoms with Gasteiger partial charge in [0.2, 0.25) is 0 Å². The molecule has 0 heterocycles. The molecule has 0 saturated heterocycles. The average Bonchev–Trinajstić information content (AvgIpc) is 1.01. The van der Waals surface area contributed by atoms with Crippen molar-refractivity contribution in [1.29, 1.82) is 0 Å². The summed E-state index contributed by atoms with van der Waals surface area (Å²) in [6.07, 6.45) is 82.7. The molecule has 5 unspecified atom stereocenters. The number of unbranched alkanes of at least 4 members (excludes halogenated alkanes) is 18.